The Morgan fingerprint density at radius 2 is 2.20 bits per heavy atom. The monoisotopic (exact) mass is 224 g/mol. The van der Waals surface area contributed by atoms with Gasteiger partial charge in [0.05, 0.1) is 9.95 Å². The van der Waals surface area contributed by atoms with Crippen LogP contribution in [0.1, 0.15) is 22.8 Å². The van der Waals surface area contributed by atoms with Gasteiger partial charge in [0.2, 0.25) is 0 Å². The van der Waals surface area contributed by atoms with Gasteiger partial charge < -0.3 is 0 Å². The van der Waals surface area contributed by atoms with E-state index in [1.807, 2.05) is 0 Å². The van der Waals surface area contributed by atoms with Crippen LogP contribution in [0, 0.1) is 21.4 Å². The second-order valence-electron chi connectivity index (χ2n) is 2.75. The molecule has 0 spiro atoms. The molecule has 1 rings (SSSR count). The summed E-state index contributed by atoms with van der Waals surface area (Å²) in [5.41, 5.74) is -0.569. The lowest BCUT2D eigenvalue weighted by atomic mass is 10.1. The van der Waals surface area contributed by atoms with E-state index >= 15 is 0 Å². The molecule has 1 aromatic carbocycles. The minimum Gasteiger partial charge on any atom is -0.294 e. The minimum absolute atomic E-state index is 0.110. The molecule has 15 heavy (non-hydrogen) atoms. The molecule has 0 fully saturated rings. The number of benzene rings is 1. The smallest absolute Gasteiger partial charge is 0.288 e. The van der Waals surface area contributed by atoms with Crippen molar-refractivity contribution in [3.8, 4) is 6.07 Å². The highest BCUT2D eigenvalue weighted by molar-refractivity contribution is 6.35. The maximum atomic E-state index is 11.1. The fourth-order valence-electron chi connectivity index (χ4n) is 1.10. The number of Topliss-reactive ketones (excluding diaryl/α,β-unsaturated/α-hetero) is 1. The molecule has 76 valence electrons. The van der Waals surface area contributed by atoms with Crippen LogP contribution < -0.4 is 0 Å². The van der Waals surface area contributed by atoms with Crippen LogP contribution in [0.5, 0.6) is 0 Å². The number of halogens is 1. The fourth-order valence-corrected chi connectivity index (χ4v) is 1.43. The number of nitro groups is 1. The maximum absolute atomic E-state index is 11.1. The van der Waals surface area contributed by atoms with Crippen LogP contribution in [0.4, 0.5) is 5.69 Å². The highest BCUT2D eigenvalue weighted by Gasteiger charge is 2.20. The van der Waals surface area contributed by atoms with Crippen LogP contribution in [0.3, 0.4) is 0 Å². The first kappa shape index (κ1) is 11.1. The van der Waals surface area contributed by atoms with E-state index in [-0.39, 0.29) is 21.9 Å². The predicted molar refractivity (Wildman–Crippen MR) is 52.8 cm³/mol. The molecule has 0 saturated carbocycles. The van der Waals surface area contributed by atoms with E-state index in [0.29, 0.717) is 0 Å². The van der Waals surface area contributed by atoms with Gasteiger partial charge in [0.25, 0.3) is 5.69 Å². The average molecular weight is 225 g/mol. The van der Waals surface area contributed by atoms with Crippen molar-refractivity contribution in [2.24, 2.45) is 0 Å². The van der Waals surface area contributed by atoms with Crippen LogP contribution >= 0.6 is 11.6 Å². The molecular formula is C9H5ClN2O3. The van der Waals surface area contributed by atoms with Crippen molar-refractivity contribution in [3.63, 3.8) is 0 Å². The lowest BCUT2D eigenvalue weighted by Crippen LogP contribution is -1.99. The molecule has 0 aliphatic carbocycles. The summed E-state index contributed by atoms with van der Waals surface area (Å²) in [6.07, 6.45) is 0. The number of nitro benzene ring substituents is 1. The summed E-state index contributed by atoms with van der Waals surface area (Å²) in [7, 11) is 0. The zero-order chi connectivity index (χ0) is 11.6. The highest BCUT2D eigenvalue weighted by Crippen LogP contribution is 2.29. The van der Waals surface area contributed by atoms with Gasteiger partial charge >= 0.3 is 0 Å². The third-order valence-corrected chi connectivity index (χ3v) is 2.20. The van der Waals surface area contributed by atoms with E-state index in [1.54, 1.807) is 6.07 Å². The number of ketones is 1. The largest absolute Gasteiger partial charge is 0.294 e. The van der Waals surface area contributed by atoms with E-state index in [0.717, 1.165) is 6.07 Å². The van der Waals surface area contributed by atoms with Gasteiger partial charge in [-0.3, -0.25) is 14.9 Å². The fraction of sp³-hybridized carbons (Fsp3) is 0.111. The van der Waals surface area contributed by atoms with Gasteiger partial charge in [-0.2, -0.15) is 5.26 Å². The second kappa shape index (κ2) is 4.07. The lowest BCUT2D eigenvalue weighted by Gasteiger charge is -2.01. The number of nitrogens with zero attached hydrogens (tertiary/aromatic N) is 2. The van der Waals surface area contributed by atoms with Crippen LogP contribution in [0.25, 0.3) is 0 Å². The normalized spacial score (nSPS) is 9.40. The van der Waals surface area contributed by atoms with Crippen LogP contribution in [0.15, 0.2) is 12.1 Å². The van der Waals surface area contributed by atoms with Gasteiger partial charge in [-0.15, -0.1) is 0 Å². The van der Waals surface area contributed by atoms with E-state index in [4.69, 9.17) is 16.9 Å². The summed E-state index contributed by atoms with van der Waals surface area (Å²) in [5, 5.41) is 19.1. The number of hydrogen-bond donors (Lipinski definition) is 0. The molecule has 0 saturated heterocycles. The zero-order valence-corrected chi connectivity index (χ0v) is 8.41. The summed E-state index contributed by atoms with van der Waals surface area (Å²) in [4.78, 5) is 20.9. The summed E-state index contributed by atoms with van der Waals surface area (Å²) in [6.45, 7) is 1.27. The van der Waals surface area contributed by atoms with Gasteiger partial charge in [0.15, 0.2) is 5.78 Å². The summed E-state index contributed by atoms with van der Waals surface area (Å²) >= 11 is 5.71. The van der Waals surface area contributed by atoms with Crippen molar-refractivity contribution in [3.05, 3.63) is 38.4 Å². The zero-order valence-electron chi connectivity index (χ0n) is 7.65. The van der Waals surface area contributed by atoms with Crippen molar-refractivity contribution in [1.82, 2.24) is 0 Å². The molecule has 0 unspecified atom stereocenters. The Labute approximate surface area is 90.0 Å². The van der Waals surface area contributed by atoms with Crippen molar-refractivity contribution < 1.29 is 9.72 Å². The Morgan fingerprint density at radius 3 is 2.60 bits per heavy atom. The van der Waals surface area contributed by atoms with Gasteiger partial charge in [-0.25, -0.2) is 0 Å². The summed E-state index contributed by atoms with van der Waals surface area (Å²) < 4.78 is 0. The van der Waals surface area contributed by atoms with Crippen molar-refractivity contribution in [2.45, 2.75) is 6.92 Å². The SMILES string of the molecule is CC(=O)c1ccc([N+](=O)[O-])c(C#N)c1Cl. The van der Waals surface area contributed by atoms with Gasteiger partial charge in [-0.1, -0.05) is 11.6 Å². The third kappa shape index (κ3) is 1.95. The molecule has 1 aromatic rings. The van der Waals surface area contributed by atoms with Crippen molar-refractivity contribution in [1.29, 1.82) is 5.26 Å². The number of hydrogen-bond acceptors (Lipinski definition) is 4. The van der Waals surface area contributed by atoms with Crippen molar-refractivity contribution in [2.75, 3.05) is 0 Å². The summed E-state index contributed by atoms with van der Waals surface area (Å²) in [5.74, 6) is -0.341. The molecule has 5 nitrogen and oxygen atoms in total. The second-order valence-corrected chi connectivity index (χ2v) is 3.12. The van der Waals surface area contributed by atoms with E-state index < -0.39 is 10.6 Å². The van der Waals surface area contributed by atoms with Crippen LogP contribution in [0.2, 0.25) is 5.02 Å². The Hall–Kier alpha value is -1.93. The highest BCUT2D eigenvalue weighted by atomic mass is 35.5. The topological polar surface area (TPSA) is 84.0 Å². The molecule has 0 heterocycles. The van der Waals surface area contributed by atoms with E-state index in [9.17, 15) is 14.9 Å². The number of carbonyl (C=O) groups excluding carboxylic acids is 1. The molecular weight excluding hydrogens is 220 g/mol. The van der Waals surface area contributed by atoms with Crippen LogP contribution in [-0.4, -0.2) is 10.7 Å². The third-order valence-electron chi connectivity index (χ3n) is 1.81. The first-order valence-corrected chi connectivity index (χ1v) is 4.24. The first-order valence-electron chi connectivity index (χ1n) is 3.87. The number of rotatable bonds is 2. The minimum atomic E-state index is -0.714. The molecule has 0 radical (unpaired) electrons. The molecule has 6 heteroatoms. The number of carbonyl (C=O) groups is 1. The quantitative estimate of drug-likeness (QED) is 0.438. The average Bonchev–Trinajstić information content (AvgIpc) is 2.16. The Balaban J connectivity index is 3.55. The van der Waals surface area contributed by atoms with E-state index in [1.165, 1.54) is 13.0 Å². The molecule has 0 aromatic heterocycles. The molecule has 0 bridgehead atoms. The Morgan fingerprint density at radius 1 is 1.60 bits per heavy atom. The Kier molecular flexibility index (Phi) is 3.02. The van der Waals surface area contributed by atoms with Crippen LogP contribution in [-0.2, 0) is 0 Å². The predicted octanol–water partition coefficient (Wildman–Crippen LogP) is 2.32. The first-order chi connectivity index (χ1) is 6.99. The van der Waals surface area contributed by atoms with Gasteiger partial charge in [0, 0.05) is 11.6 Å². The van der Waals surface area contributed by atoms with E-state index in [2.05, 4.69) is 0 Å². The molecule has 0 atom stereocenters. The van der Waals surface area contributed by atoms with Crippen molar-refractivity contribution >= 4 is 23.1 Å². The number of nitriles is 1. The lowest BCUT2D eigenvalue weighted by molar-refractivity contribution is -0.385. The molecule has 0 N–H and O–H groups in total. The standard InChI is InChI=1S/C9H5ClN2O3/c1-5(13)6-2-3-8(12(14)15)7(4-11)9(6)10/h2-3H,1H3. The Bertz CT molecular complexity index is 491. The summed E-state index contributed by atoms with van der Waals surface area (Å²) in [6, 6.07) is 3.95. The van der Waals surface area contributed by atoms with Gasteiger partial charge in [0.1, 0.15) is 11.6 Å². The molecule has 0 aliphatic rings. The molecule has 0 aliphatic heterocycles. The molecule has 0 amide bonds. The maximum Gasteiger partial charge on any atom is 0.288 e. The van der Waals surface area contributed by atoms with Gasteiger partial charge in [-0.05, 0) is 13.0 Å².